The molecule has 2 heterocycles. The number of carbonyl (C=O) groups excluding carboxylic acids is 4. The van der Waals surface area contributed by atoms with E-state index in [1.807, 2.05) is 0 Å². The molecule has 2 aliphatic heterocycles. The normalized spacial score (nSPS) is 28.1. The lowest BCUT2D eigenvalue weighted by molar-refractivity contribution is -0.156. The number of rotatable bonds is 3. The van der Waals surface area contributed by atoms with Gasteiger partial charge in [0.05, 0.1) is 18.2 Å². The molecule has 2 amide bonds. The molecule has 6 nitrogen and oxygen atoms in total. The van der Waals surface area contributed by atoms with Crippen molar-refractivity contribution in [3.8, 4) is 0 Å². The van der Waals surface area contributed by atoms with Gasteiger partial charge in [-0.25, -0.2) is 0 Å². The molecule has 2 fully saturated rings. The molecule has 2 aliphatic rings. The molecule has 0 spiro atoms. The van der Waals surface area contributed by atoms with Gasteiger partial charge in [0, 0.05) is 12.8 Å². The second-order valence-electron chi connectivity index (χ2n) is 5.57. The molecule has 0 radical (unpaired) electrons. The Labute approximate surface area is 127 Å². The lowest BCUT2D eigenvalue weighted by Crippen LogP contribution is -2.45. The number of amides is 2. The van der Waals surface area contributed by atoms with E-state index in [9.17, 15) is 19.2 Å². The van der Waals surface area contributed by atoms with Gasteiger partial charge < -0.3 is 4.74 Å². The van der Waals surface area contributed by atoms with Crippen molar-refractivity contribution < 1.29 is 23.9 Å². The van der Waals surface area contributed by atoms with E-state index >= 15 is 0 Å². The number of imide groups is 1. The van der Waals surface area contributed by atoms with Crippen LogP contribution < -0.4 is 4.90 Å². The number of hydrogen-bond donors (Lipinski definition) is 0. The topological polar surface area (TPSA) is 80.8 Å². The first-order chi connectivity index (χ1) is 10.5. The Hall–Kier alpha value is -2.50. The number of nitrogens with zero attached hydrogens (tertiary/aromatic N) is 1. The highest BCUT2D eigenvalue weighted by Crippen LogP contribution is 2.45. The van der Waals surface area contributed by atoms with E-state index < -0.39 is 34.9 Å². The number of esters is 1. The maximum Gasteiger partial charge on any atom is 0.320 e. The Morgan fingerprint density at radius 3 is 2.45 bits per heavy atom. The van der Waals surface area contributed by atoms with E-state index in [4.69, 9.17) is 4.74 Å². The third-order valence-electron chi connectivity index (χ3n) is 4.48. The number of carbonyl (C=O) groups is 4. The van der Waals surface area contributed by atoms with Crippen LogP contribution in [0.5, 0.6) is 0 Å². The quantitative estimate of drug-likeness (QED) is 0.474. The smallest absolute Gasteiger partial charge is 0.320 e. The summed E-state index contributed by atoms with van der Waals surface area (Å²) < 4.78 is 4.93. The van der Waals surface area contributed by atoms with Crippen molar-refractivity contribution in [1.29, 1.82) is 0 Å². The van der Waals surface area contributed by atoms with Crippen molar-refractivity contribution >= 4 is 29.3 Å². The average Bonchev–Trinajstić information content (AvgIpc) is 3.01. The number of Topliss-reactive ketones (excluding diaryl/α,β-unsaturated/α-hetero) is 1. The molecule has 1 aromatic carbocycles. The number of anilines is 1. The summed E-state index contributed by atoms with van der Waals surface area (Å²) in [7, 11) is 0. The molecular weight excluding hydrogens is 286 g/mol. The standard InChI is InChI=1S/C16H15NO5/c1-10(18)16(7-8-22-15(16)21)12-9-13(19)17(14(12)20)11-5-3-2-4-6-11/h2-6,12H,7-9H2,1H3/t12-,16+/m1/s1. The van der Waals surface area contributed by atoms with E-state index in [-0.39, 0.29) is 19.4 Å². The first-order valence-corrected chi connectivity index (χ1v) is 7.08. The van der Waals surface area contributed by atoms with Gasteiger partial charge in [0.25, 0.3) is 0 Å². The highest BCUT2D eigenvalue weighted by molar-refractivity contribution is 6.24. The fourth-order valence-corrected chi connectivity index (χ4v) is 3.28. The van der Waals surface area contributed by atoms with Gasteiger partial charge >= 0.3 is 5.97 Å². The van der Waals surface area contributed by atoms with Crippen molar-refractivity contribution in [1.82, 2.24) is 0 Å². The molecule has 22 heavy (non-hydrogen) atoms. The summed E-state index contributed by atoms with van der Waals surface area (Å²) in [5.74, 6) is -3.00. The van der Waals surface area contributed by atoms with Gasteiger partial charge in [-0.2, -0.15) is 0 Å². The number of cyclic esters (lactones) is 1. The molecule has 2 saturated heterocycles. The highest BCUT2D eigenvalue weighted by atomic mass is 16.5. The summed E-state index contributed by atoms with van der Waals surface area (Å²) in [5.41, 5.74) is -1.07. The van der Waals surface area contributed by atoms with Crippen LogP contribution in [0.4, 0.5) is 5.69 Å². The summed E-state index contributed by atoms with van der Waals surface area (Å²) in [6.45, 7) is 1.37. The molecule has 0 bridgehead atoms. The zero-order valence-corrected chi connectivity index (χ0v) is 12.1. The molecular formula is C16H15NO5. The average molecular weight is 301 g/mol. The van der Waals surface area contributed by atoms with Gasteiger partial charge in [-0.15, -0.1) is 0 Å². The molecule has 0 saturated carbocycles. The van der Waals surface area contributed by atoms with Crippen LogP contribution in [0.2, 0.25) is 0 Å². The Morgan fingerprint density at radius 1 is 1.23 bits per heavy atom. The van der Waals surface area contributed by atoms with Crippen molar-refractivity contribution in [2.75, 3.05) is 11.5 Å². The summed E-state index contributed by atoms with van der Waals surface area (Å²) >= 11 is 0. The minimum atomic E-state index is -1.52. The van der Waals surface area contributed by atoms with Crippen molar-refractivity contribution in [3.63, 3.8) is 0 Å². The van der Waals surface area contributed by atoms with Crippen LogP contribution in [-0.2, 0) is 23.9 Å². The summed E-state index contributed by atoms with van der Waals surface area (Å²) in [6.07, 6.45) is -0.00408. The minimum absolute atomic E-state index is 0.0989. The van der Waals surface area contributed by atoms with E-state index in [1.165, 1.54) is 6.92 Å². The molecule has 0 N–H and O–H groups in total. The fraction of sp³-hybridized carbons (Fsp3) is 0.375. The highest BCUT2D eigenvalue weighted by Gasteiger charge is 2.61. The largest absolute Gasteiger partial charge is 0.465 e. The lowest BCUT2D eigenvalue weighted by Gasteiger charge is -2.26. The Morgan fingerprint density at radius 2 is 1.91 bits per heavy atom. The van der Waals surface area contributed by atoms with Crippen LogP contribution in [0.25, 0.3) is 0 Å². The Kier molecular flexibility index (Phi) is 3.31. The molecule has 114 valence electrons. The first kappa shape index (κ1) is 14.4. The van der Waals surface area contributed by atoms with E-state index in [2.05, 4.69) is 0 Å². The number of ketones is 1. The zero-order chi connectivity index (χ0) is 15.9. The van der Waals surface area contributed by atoms with Crippen molar-refractivity contribution in [3.05, 3.63) is 30.3 Å². The fourth-order valence-electron chi connectivity index (χ4n) is 3.28. The van der Waals surface area contributed by atoms with E-state index in [0.717, 1.165) is 4.90 Å². The van der Waals surface area contributed by atoms with Gasteiger partial charge in [0.15, 0.2) is 0 Å². The van der Waals surface area contributed by atoms with E-state index in [0.29, 0.717) is 5.69 Å². The molecule has 0 unspecified atom stereocenters. The summed E-state index contributed by atoms with van der Waals surface area (Å²) in [4.78, 5) is 50.2. The minimum Gasteiger partial charge on any atom is -0.465 e. The van der Waals surface area contributed by atoms with Crippen molar-refractivity contribution in [2.45, 2.75) is 19.8 Å². The Bertz CT molecular complexity index is 668. The molecule has 0 aliphatic carbocycles. The lowest BCUT2D eigenvalue weighted by atomic mass is 9.70. The maximum absolute atomic E-state index is 12.7. The number of para-hydroxylation sites is 1. The van der Waals surface area contributed by atoms with Crippen LogP contribution in [0, 0.1) is 11.3 Å². The molecule has 3 rings (SSSR count). The second kappa shape index (κ2) is 5.05. The van der Waals surface area contributed by atoms with Gasteiger partial charge in [-0.05, 0) is 19.1 Å². The summed E-state index contributed by atoms with van der Waals surface area (Å²) in [5, 5.41) is 0. The molecule has 0 aromatic heterocycles. The first-order valence-electron chi connectivity index (χ1n) is 7.08. The third kappa shape index (κ3) is 1.87. The van der Waals surface area contributed by atoms with Gasteiger partial charge in [0.1, 0.15) is 11.2 Å². The summed E-state index contributed by atoms with van der Waals surface area (Å²) in [6, 6.07) is 8.50. The van der Waals surface area contributed by atoms with Crippen LogP contribution in [0.3, 0.4) is 0 Å². The van der Waals surface area contributed by atoms with Crippen LogP contribution in [0.15, 0.2) is 30.3 Å². The number of hydrogen-bond acceptors (Lipinski definition) is 5. The van der Waals surface area contributed by atoms with Crippen LogP contribution >= 0.6 is 0 Å². The van der Waals surface area contributed by atoms with Crippen molar-refractivity contribution in [2.24, 2.45) is 11.3 Å². The SMILES string of the molecule is CC(=O)[C@]1([C@@H]2CC(=O)N(c3ccccc3)C2=O)CCOC1=O. The second-order valence-corrected chi connectivity index (χ2v) is 5.57. The molecule has 6 heteroatoms. The molecule has 2 atom stereocenters. The number of ether oxygens (including phenoxy) is 1. The maximum atomic E-state index is 12.7. The predicted octanol–water partition coefficient (Wildman–Crippen LogP) is 1.09. The van der Waals surface area contributed by atoms with Crippen LogP contribution in [-0.4, -0.2) is 30.2 Å². The third-order valence-corrected chi connectivity index (χ3v) is 4.48. The van der Waals surface area contributed by atoms with E-state index in [1.54, 1.807) is 30.3 Å². The molecule has 1 aromatic rings. The van der Waals surface area contributed by atoms with Gasteiger partial charge in [0.2, 0.25) is 11.8 Å². The zero-order valence-electron chi connectivity index (χ0n) is 12.1. The predicted molar refractivity (Wildman–Crippen MR) is 75.7 cm³/mol. The number of benzene rings is 1. The van der Waals surface area contributed by atoms with Crippen LogP contribution in [0.1, 0.15) is 19.8 Å². The Balaban J connectivity index is 2.01. The monoisotopic (exact) mass is 301 g/mol. The van der Waals surface area contributed by atoms with Gasteiger partial charge in [-0.3, -0.25) is 24.1 Å². The van der Waals surface area contributed by atoms with Gasteiger partial charge in [-0.1, -0.05) is 18.2 Å².